The van der Waals surface area contributed by atoms with Gasteiger partial charge < -0.3 is 20.4 Å². The molecule has 0 spiro atoms. The summed E-state index contributed by atoms with van der Waals surface area (Å²) in [7, 11) is 0. The first-order chi connectivity index (χ1) is 8.67. The first kappa shape index (κ1) is 15.4. The molecule has 106 valence electrons. The highest BCUT2D eigenvalue weighted by Crippen LogP contribution is 2.21. The van der Waals surface area contributed by atoms with Gasteiger partial charge in [0.15, 0.2) is 0 Å². The Hall–Kier alpha value is -0.650. The van der Waals surface area contributed by atoms with E-state index in [4.69, 9.17) is 10.2 Å². The topological polar surface area (TPSA) is 72.8 Å². The Morgan fingerprint density at radius 1 is 1.28 bits per heavy atom. The quantitative estimate of drug-likeness (QED) is 0.561. The summed E-state index contributed by atoms with van der Waals surface area (Å²) in [5.41, 5.74) is 0. The summed E-state index contributed by atoms with van der Waals surface area (Å²) >= 11 is 0. The molecule has 5 nitrogen and oxygen atoms in total. The largest absolute Gasteiger partial charge is 0.396 e. The van der Waals surface area contributed by atoms with Gasteiger partial charge in [0.1, 0.15) is 0 Å². The molecule has 0 aromatic rings. The third-order valence-electron chi connectivity index (χ3n) is 3.52. The van der Waals surface area contributed by atoms with Gasteiger partial charge in [-0.2, -0.15) is 0 Å². The van der Waals surface area contributed by atoms with Gasteiger partial charge in [0.2, 0.25) is 5.91 Å². The van der Waals surface area contributed by atoms with Crippen LogP contribution < -0.4 is 5.32 Å². The average Bonchev–Trinajstić information content (AvgIpc) is 2.36. The second-order valence-electron chi connectivity index (χ2n) is 5.12. The summed E-state index contributed by atoms with van der Waals surface area (Å²) in [6, 6.07) is 0.317. The van der Waals surface area contributed by atoms with Gasteiger partial charge in [-0.25, -0.2) is 0 Å². The summed E-state index contributed by atoms with van der Waals surface area (Å²) in [4.78, 5) is 13.4. The van der Waals surface area contributed by atoms with Crippen molar-refractivity contribution in [1.29, 1.82) is 0 Å². The van der Waals surface area contributed by atoms with Crippen LogP contribution in [0.3, 0.4) is 0 Å². The van der Waals surface area contributed by atoms with Gasteiger partial charge in [-0.3, -0.25) is 4.79 Å². The molecule has 0 bridgehead atoms. The van der Waals surface area contributed by atoms with E-state index in [0.29, 0.717) is 12.0 Å². The van der Waals surface area contributed by atoms with Crippen molar-refractivity contribution >= 4 is 5.91 Å². The summed E-state index contributed by atoms with van der Waals surface area (Å²) in [5.74, 6) is 0.596. The average molecular weight is 258 g/mol. The number of hydrogen-bond donors (Lipinski definition) is 3. The zero-order valence-electron chi connectivity index (χ0n) is 11.3. The number of carbonyl (C=O) groups excluding carboxylic acids is 1. The number of amides is 1. The number of rotatable bonds is 7. The van der Waals surface area contributed by atoms with Gasteiger partial charge in [-0.05, 0) is 38.1 Å². The Morgan fingerprint density at radius 2 is 2.00 bits per heavy atom. The van der Waals surface area contributed by atoms with Gasteiger partial charge in [-0.1, -0.05) is 0 Å². The number of hydrogen-bond acceptors (Lipinski definition) is 4. The van der Waals surface area contributed by atoms with E-state index in [-0.39, 0.29) is 19.1 Å². The van der Waals surface area contributed by atoms with Crippen LogP contribution in [0.5, 0.6) is 0 Å². The maximum absolute atomic E-state index is 11.5. The van der Waals surface area contributed by atoms with E-state index in [2.05, 4.69) is 5.32 Å². The standard InChI is InChI=1S/C13H26N2O3/c1-11(18)15-9-12(4-2-6-16)8-13(10-15)14-5-3-7-17/h12-14,16-17H,2-10H2,1H3. The number of nitrogens with one attached hydrogen (secondary N) is 1. The molecule has 0 aromatic heterocycles. The number of likely N-dealkylation sites (tertiary alicyclic amines) is 1. The Kier molecular flexibility index (Phi) is 7.23. The lowest BCUT2D eigenvalue weighted by Crippen LogP contribution is -2.51. The van der Waals surface area contributed by atoms with Gasteiger partial charge in [-0.15, -0.1) is 0 Å². The van der Waals surface area contributed by atoms with E-state index in [1.165, 1.54) is 0 Å². The van der Waals surface area contributed by atoms with Gasteiger partial charge in [0, 0.05) is 39.3 Å². The van der Waals surface area contributed by atoms with E-state index >= 15 is 0 Å². The van der Waals surface area contributed by atoms with Crippen molar-refractivity contribution in [2.24, 2.45) is 5.92 Å². The fourth-order valence-corrected chi connectivity index (χ4v) is 2.58. The van der Waals surface area contributed by atoms with Crippen LogP contribution in [-0.2, 0) is 4.79 Å². The van der Waals surface area contributed by atoms with Crippen molar-refractivity contribution < 1.29 is 15.0 Å². The van der Waals surface area contributed by atoms with Crippen LogP contribution in [0.25, 0.3) is 0 Å². The minimum atomic E-state index is 0.123. The molecule has 0 radical (unpaired) electrons. The molecule has 1 rings (SSSR count). The molecule has 1 aliphatic heterocycles. The van der Waals surface area contributed by atoms with E-state index in [0.717, 1.165) is 45.3 Å². The highest BCUT2D eigenvalue weighted by Gasteiger charge is 2.27. The first-order valence-corrected chi connectivity index (χ1v) is 6.88. The highest BCUT2D eigenvalue weighted by atomic mass is 16.3. The van der Waals surface area contributed by atoms with E-state index in [1.807, 2.05) is 4.90 Å². The van der Waals surface area contributed by atoms with Crippen LogP contribution in [0.4, 0.5) is 0 Å². The molecule has 2 atom stereocenters. The first-order valence-electron chi connectivity index (χ1n) is 6.88. The van der Waals surface area contributed by atoms with Crippen LogP contribution in [0.2, 0.25) is 0 Å². The molecule has 1 heterocycles. The maximum atomic E-state index is 11.5. The van der Waals surface area contributed by atoms with Crippen molar-refractivity contribution in [3.05, 3.63) is 0 Å². The van der Waals surface area contributed by atoms with Gasteiger partial charge >= 0.3 is 0 Å². The summed E-state index contributed by atoms with van der Waals surface area (Å²) < 4.78 is 0. The third kappa shape index (κ3) is 5.33. The lowest BCUT2D eigenvalue weighted by atomic mass is 9.90. The molecule has 0 aromatic carbocycles. The van der Waals surface area contributed by atoms with Crippen LogP contribution in [-0.4, -0.2) is 59.9 Å². The molecule has 0 aliphatic carbocycles. The van der Waals surface area contributed by atoms with Crippen LogP contribution >= 0.6 is 0 Å². The van der Waals surface area contributed by atoms with Crippen molar-refractivity contribution in [2.75, 3.05) is 32.8 Å². The lowest BCUT2D eigenvalue weighted by molar-refractivity contribution is -0.131. The zero-order chi connectivity index (χ0) is 13.4. The zero-order valence-corrected chi connectivity index (χ0v) is 11.3. The Balaban J connectivity index is 2.43. The predicted molar refractivity (Wildman–Crippen MR) is 70.2 cm³/mol. The van der Waals surface area contributed by atoms with E-state index < -0.39 is 0 Å². The molecule has 1 fully saturated rings. The SMILES string of the molecule is CC(=O)N1CC(CCCO)CC(NCCCO)C1. The van der Waals surface area contributed by atoms with Gasteiger partial charge in [0.05, 0.1) is 0 Å². The fraction of sp³-hybridized carbons (Fsp3) is 0.923. The van der Waals surface area contributed by atoms with Crippen LogP contribution in [0, 0.1) is 5.92 Å². The fourth-order valence-electron chi connectivity index (χ4n) is 2.58. The number of carbonyl (C=O) groups is 1. The molecule has 1 saturated heterocycles. The minimum Gasteiger partial charge on any atom is -0.396 e. The monoisotopic (exact) mass is 258 g/mol. The van der Waals surface area contributed by atoms with Crippen molar-refractivity contribution in [3.8, 4) is 0 Å². The Morgan fingerprint density at radius 3 is 2.61 bits per heavy atom. The van der Waals surface area contributed by atoms with Gasteiger partial charge in [0.25, 0.3) is 0 Å². The van der Waals surface area contributed by atoms with Crippen molar-refractivity contribution in [3.63, 3.8) is 0 Å². The number of nitrogens with zero attached hydrogens (tertiary/aromatic N) is 1. The smallest absolute Gasteiger partial charge is 0.219 e. The Labute approximate surface area is 109 Å². The second-order valence-corrected chi connectivity index (χ2v) is 5.12. The van der Waals surface area contributed by atoms with Crippen LogP contribution in [0.15, 0.2) is 0 Å². The minimum absolute atomic E-state index is 0.123. The highest BCUT2D eigenvalue weighted by molar-refractivity contribution is 5.73. The molecule has 3 N–H and O–H groups in total. The molecular weight excluding hydrogens is 232 g/mol. The molecule has 0 saturated carbocycles. The maximum Gasteiger partial charge on any atom is 0.219 e. The Bertz CT molecular complexity index is 248. The van der Waals surface area contributed by atoms with E-state index in [9.17, 15) is 4.79 Å². The summed E-state index contributed by atoms with van der Waals surface area (Å²) in [5, 5.41) is 21.1. The lowest BCUT2D eigenvalue weighted by Gasteiger charge is -2.38. The second kappa shape index (κ2) is 8.45. The normalized spacial score (nSPS) is 24.3. The number of piperidine rings is 1. The number of aliphatic hydroxyl groups excluding tert-OH is 2. The molecule has 5 heteroatoms. The summed E-state index contributed by atoms with van der Waals surface area (Å²) in [6.07, 6.45) is 3.57. The molecule has 2 unspecified atom stereocenters. The molecular formula is C13H26N2O3. The third-order valence-corrected chi connectivity index (χ3v) is 3.52. The van der Waals surface area contributed by atoms with E-state index in [1.54, 1.807) is 6.92 Å². The summed E-state index contributed by atoms with van der Waals surface area (Å²) in [6.45, 7) is 4.39. The van der Waals surface area contributed by atoms with Crippen molar-refractivity contribution in [1.82, 2.24) is 10.2 Å². The number of aliphatic hydroxyl groups is 2. The van der Waals surface area contributed by atoms with Crippen LogP contribution in [0.1, 0.15) is 32.6 Å². The molecule has 1 aliphatic rings. The predicted octanol–water partition coefficient (Wildman–Crippen LogP) is -0.0321. The molecule has 18 heavy (non-hydrogen) atoms. The van der Waals surface area contributed by atoms with Crippen molar-refractivity contribution in [2.45, 2.75) is 38.6 Å². The molecule has 1 amide bonds.